The molecular weight excluding hydrogens is 308 g/mol. The van der Waals surface area contributed by atoms with Gasteiger partial charge in [0.15, 0.2) is 0 Å². The Balaban J connectivity index is 1.68. The van der Waals surface area contributed by atoms with E-state index in [1.54, 1.807) is 19.1 Å². The number of aliphatic hydroxyl groups is 1. The highest BCUT2D eigenvalue weighted by Gasteiger charge is 2.16. The lowest BCUT2D eigenvalue weighted by atomic mass is 10.1. The average molecular weight is 330 g/mol. The number of carbonyl (C=O) groups is 2. The minimum atomic E-state index is -0.775. The van der Waals surface area contributed by atoms with E-state index in [1.165, 1.54) is 6.26 Å². The van der Waals surface area contributed by atoms with E-state index in [2.05, 4.69) is 10.6 Å². The number of amides is 2. The monoisotopic (exact) mass is 330 g/mol. The van der Waals surface area contributed by atoms with Gasteiger partial charge in [0.05, 0.1) is 19.2 Å². The topological polar surface area (TPSA) is 91.6 Å². The molecule has 3 N–H and O–H groups in total. The number of rotatable bonds is 8. The van der Waals surface area contributed by atoms with E-state index in [-0.39, 0.29) is 30.8 Å². The quantitative estimate of drug-likeness (QED) is 0.685. The molecule has 24 heavy (non-hydrogen) atoms. The van der Waals surface area contributed by atoms with Crippen LogP contribution in [0.2, 0.25) is 0 Å². The Morgan fingerprint density at radius 3 is 2.54 bits per heavy atom. The molecule has 128 valence electrons. The maximum absolute atomic E-state index is 11.8. The summed E-state index contributed by atoms with van der Waals surface area (Å²) in [5, 5.41) is 15.3. The van der Waals surface area contributed by atoms with Gasteiger partial charge in [0.1, 0.15) is 11.9 Å². The van der Waals surface area contributed by atoms with Gasteiger partial charge in [-0.1, -0.05) is 30.3 Å². The highest BCUT2D eigenvalue weighted by atomic mass is 16.4. The second-order valence-electron chi connectivity index (χ2n) is 5.67. The van der Waals surface area contributed by atoms with Crippen LogP contribution in [-0.2, 0) is 16.0 Å². The minimum absolute atomic E-state index is 0.0904. The van der Waals surface area contributed by atoms with Gasteiger partial charge in [-0.3, -0.25) is 9.59 Å². The lowest BCUT2D eigenvalue weighted by Crippen LogP contribution is -2.41. The third-order valence-electron chi connectivity index (χ3n) is 3.51. The normalized spacial score (nSPS) is 13.1. The van der Waals surface area contributed by atoms with Gasteiger partial charge in [0.25, 0.3) is 0 Å². The van der Waals surface area contributed by atoms with Crippen LogP contribution in [-0.4, -0.2) is 29.5 Å². The number of nitrogens with one attached hydrogen (secondary N) is 2. The van der Waals surface area contributed by atoms with Crippen molar-refractivity contribution in [2.75, 3.05) is 6.54 Å². The van der Waals surface area contributed by atoms with Crippen molar-refractivity contribution in [3.63, 3.8) is 0 Å². The summed E-state index contributed by atoms with van der Waals surface area (Å²) in [6, 6.07) is 12.5. The maximum atomic E-state index is 11.8. The Labute approximate surface area is 140 Å². The fraction of sp³-hybridized carbons (Fsp3) is 0.333. The van der Waals surface area contributed by atoms with Crippen LogP contribution in [0.3, 0.4) is 0 Å². The van der Waals surface area contributed by atoms with E-state index >= 15 is 0 Å². The van der Waals surface area contributed by atoms with Crippen LogP contribution < -0.4 is 10.6 Å². The molecule has 2 rings (SSSR count). The third kappa shape index (κ3) is 5.89. The molecule has 2 atom stereocenters. The molecular formula is C18H22N2O4. The summed E-state index contributed by atoms with van der Waals surface area (Å²) in [6.45, 7) is 1.70. The van der Waals surface area contributed by atoms with Gasteiger partial charge < -0.3 is 20.2 Å². The number of benzene rings is 1. The molecule has 6 nitrogen and oxygen atoms in total. The molecule has 0 radical (unpaired) electrons. The van der Waals surface area contributed by atoms with Gasteiger partial charge in [0, 0.05) is 12.5 Å². The zero-order valence-electron chi connectivity index (χ0n) is 13.6. The highest BCUT2D eigenvalue weighted by Crippen LogP contribution is 2.18. The molecule has 0 fully saturated rings. The molecule has 0 aliphatic carbocycles. The summed E-state index contributed by atoms with van der Waals surface area (Å²) in [4.78, 5) is 23.6. The summed E-state index contributed by atoms with van der Waals surface area (Å²) in [7, 11) is 0. The first-order chi connectivity index (χ1) is 11.5. The fourth-order valence-electron chi connectivity index (χ4n) is 2.34. The van der Waals surface area contributed by atoms with Crippen molar-refractivity contribution in [2.24, 2.45) is 0 Å². The largest absolute Gasteiger partial charge is 0.467 e. The van der Waals surface area contributed by atoms with Crippen molar-refractivity contribution in [1.82, 2.24) is 10.6 Å². The second kappa shape index (κ2) is 8.88. The predicted octanol–water partition coefficient (Wildman–Crippen LogP) is 1.57. The van der Waals surface area contributed by atoms with Crippen LogP contribution >= 0.6 is 0 Å². The first kappa shape index (κ1) is 17.7. The molecule has 0 aliphatic heterocycles. The van der Waals surface area contributed by atoms with E-state index in [9.17, 15) is 14.7 Å². The van der Waals surface area contributed by atoms with Gasteiger partial charge in [-0.25, -0.2) is 0 Å². The maximum Gasteiger partial charge on any atom is 0.239 e. The zero-order valence-corrected chi connectivity index (χ0v) is 13.6. The standard InChI is InChI=1S/C18H22N2O4/c1-13(10-15(21)16-8-5-9-24-16)20-18(23)12-19-17(22)11-14-6-3-2-4-7-14/h2-9,13,15,21H,10-12H2,1H3,(H,19,22)(H,20,23). The lowest BCUT2D eigenvalue weighted by molar-refractivity contribution is -0.126. The molecule has 0 saturated carbocycles. The van der Waals surface area contributed by atoms with E-state index in [0.29, 0.717) is 12.2 Å². The molecule has 2 amide bonds. The van der Waals surface area contributed by atoms with Gasteiger partial charge in [-0.05, 0) is 24.6 Å². The highest BCUT2D eigenvalue weighted by molar-refractivity contribution is 5.85. The van der Waals surface area contributed by atoms with Crippen molar-refractivity contribution >= 4 is 11.8 Å². The Hall–Kier alpha value is -2.60. The first-order valence-corrected chi connectivity index (χ1v) is 7.86. The third-order valence-corrected chi connectivity index (χ3v) is 3.51. The predicted molar refractivity (Wildman–Crippen MR) is 89.0 cm³/mol. The van der Waals surface area contributed by atoms with Crippen LogP contribution in [0.15, 0.2) is 53.1 Å². The summed E-state index contributed by atoms with van der Waals surface area (Å²) < 4.78 is 5.12. The number of furan rings is 1. The van der Waals surface area contributed by atoms with Crippen molar-refractivity contribution in [1.29, 1.82) is 0 Å². The van der Waals surface area contributed by atoms with Gasteiger partial charge in [-0.2, -0.15) is 0 Å². The van der Waals surface area contributed by atoms with Crippen molar-refractivity contribution in [3.8, 4) is 0 Å². The van der Waals surface area contributed by atoms with Crippen molar-refractivity contribution in [2.45, 2.75) is 31.9 Å². The van der Waals surface area contributed by atoms with Crippen LogP contribution in [0.1, 0.15) is 30.8 Å². The number of carbonyl (C=O) groups excluding carboxylic acids is 2. The molecule has 2 aromatic rings. The Morgan fingerprint density at radius 2 is 1.88 bits per heavy atom. The van der Waals surface area contributed by atoms with E-state index in [4.69, 9.17) is 4.42 Å². The molecule has 0 aliphatic rings. The van der Waals surface area contributed by atoms with Crippen LogP contribution in [0, 0.1) is 0 Å². The summed E-state index contributed by atoms with van der Waals surface area (Å²) in [5.74, 6) is -0.0394. The summed E-state index contributed by atoms with van der Waals surface area (Å²) in [6.07, 6.45) is 1.28. The Bertz CT molecular complexity index is 640. The van der Waals surface area contributed by atoms with Gasteiger partial charge >= 0.3 is 0 Å². The molecule has 2 unspecified atom stereocenters. The molecule has 0 bridgehead atoms. The Kier molecular flexibility index (Phi) is 6.57. The van der Waals surface area contributed by atoms with Crippen LogP contribution in [0.5, 0.6) is 0 Å². The van der Waals surface area contributed by atoms with Gasteiger partial charge in [-0.15, -0.1) is 0 Å². The fourth-order valence-corrected chi connectivity index (χ4v) is 2.34. The Morgan fingerprint density at radius 1 is 1.12 bits per heavy atom. The van der Waals surface area contributed by atoms with Gasteiger partial charge in [0.2, 0.25) is 11.8 Å². The SMILES string of the molecule is CC(CC(O)c1ccco1)NC(=O)CNC(=O)Cc1ccccc1. The lowest BCUT2D eigenvalue weighted by Gasteiger charge is -2.17. The van der Waals surface area contributed by atoms with E-state index in [1.807, 2.05) is 30.3 Å². The van der Waals surface area contributed by atoms with E-state index < -0.39 is 6.10 Å². The van der Waals surface area contributed by atoms with Crippen molar-refractivity contribution < 1.29 is 19.1 Å². The molecule has 1 aromatic heterocycles. The van der Waals surface area contributed by atoms with Crippen LogP contribution in [0.4, 0.5) is 0 Å². The molecule has 1 heterocycles. The molecule has 0 saturated heterocycles. The van der Waals surface area contributed by atoms with Crippen molar-refractivity contribution in [3.05, 3.63) is 60.1 Å². The second-order valence-corrected chi connectivity index (χ2v) is 5.67. The van der Waals surface area contributed by atoms with E-state index in [0.717, 1.165) is 5.56 Å². The molecule has 0 spiro atoms. The number of hydrogen-bond acceptors (Lipinski definition) is 4. The molecule has 6 heteroatoms. The van der Waals surface area contributed by atoms with Crippen LogP contribution in [0.25, 0.3) is 0 Å². The minimum Gasteiger partial charge on any atom is -0.467 e. The average Bonchev–Trinajstić information content (AvgIpc) is 3.08. The number of hydrogen-bond donors (Lipinski definition) is 3. The summed E-state index contributed by atoms with van der Waals surface area (Å²) >= 11 is 0. The zero-order chi connectivity index (χ0) is 17.4. The smallest absolute Gasteiger partial charge is 0.239 e. The first-order valence-electron chi connectivity index (χ1n) is 7.86. The summed E-state index contributed by atoms with van der Waals surface area (Å²) in [5.41, 5.74) is 0.894. The molecule has 1 aromatic carbocycles. The number of aliphatic hydroxyl groups excluding tert-OH is 1.